The third-order valence-electron chi connectivity index (χ3n) is 5.88. The van der Waals surface area contributed by atoms with E-state index < -0.39 is 0 Å². The van der Waals surface area contributed by atoms with Crippen LogP contribution in [0, 0.1) is 11.3 Å². The molecule has 0 aromatic heterocycles. The summed E-state index contributed by atoms with van der Waals surface area (Å²) in [6.45, 7) is 6.75. The molecule has 0 aromatic carbocycles. The predicted molar refractivity (Wildman–Crippen MR) is 79.8 cm³/mol. The number of nitrogens with zero attached hydrogens (tertiary/aromatic N) is 2. The molecule has 3 rings (SSSR count). The van der Waals surface area contributed by atoms with E-state index in [0.29, 0.717) is 6.61 Å². The van der Waals surface area contributed by atoms with E-state index in [2.05, 4.69) is 16.8 Å². The Bertz CT molecular complexity index is 318. The molecule has 0 radical (unpaired) electrons. The fourth-order valence-corrected chi connectivity index (χ4v) is 4.52. The van der Waals surface area contributed by atoms with Gasteiger partial charge in [-0.3, -0.25) is 0 Å². The summed E-state index contributed by atoms with van der Waals surface area (Å²) in [7, 11) is 2.29. The Labute approximate surface area is 123 Å². The first-order valence-corrected chi connectivity index (χ1v) is 8.34. The Morgan fingerprint density at radius 2 is 2.00 bits per heavy atom. The van der Waals surface area contributed by atoms with Crippen LogP contribution in [0.15, 0.2) is 0 Å². The van der Waals surface area contributed by atoms with Gasteiger partial charge in [-0.2, -0.15) is 0 Å². The first kappa shape index (κ1) is 14.8. The van der Waals surface area contributed by atoms with Crippen molar-refractivity contribution in [3.05, 3.63) is 0 Å². The van der Waals surface area contributed by atoms with Gasteiger partial charge in [0.05, 0.1) is 6.61 Å². The molecule has 3 fully saturated rings. The van der Waals surface area contributed by atoms with E-state index in [1.807, 2.05) is 0 Å². The van der Waals surface area contributed by atoms with Crippen molar-refractivity contribution >= 4 is 0 Å². The molecule has 0 aliphatic carbocycles. The van der Waals surface area contributed by atoms with E-state index in [1.54, 1.807) is 0 Å². The summed E-state index contributed by atoms with van der Waals surface area (Å²) < 4.78 is 5.48. The second-order valence-electron chi connectivity index (χ2n) is 7.24. The topological polar surface area (TPSA) is 35.9 Å². The number of piperidine rings is 2. The van der Waals surface area contributed by atoms with Crippen LogP contribution in [0.25, 0.3) is 0 Å². The quantitative estimate of drug-likeness (QED) is 0.843. The van der Waals surface area contributed by atoms with Crippen molar-refractivity contribution in [2.75, 3.05) is 53.0 Å². The van der Waals surface area contributed by atoms with Crippen LogP contribution in [0.5, 0.6) is 0 Å². The first-order valence-electron chi connectivity index (χ1n) is 8.34. The Hall–Kier alpha value is -0.160. The Morgan fingerprint density at radius 3 is 2.75 bits per heavy atom. The molecule has 3 aliphatic heterocycles. The van der Waals surface area contributed by atoms with Gasteiger partial charge in [0, 0.05) is 37.8 Å². The molecule has 0 saturated carbocycles. The van der Waals surface area contributed by atoms with Crippen LogP contribution in [0.2, 0.25) is 0 Å². The Balaban J connectivity index is 1.58. The van der Waals surface area contributed by atoms with Gasteiger partial charge in [-0.05, 0) is 58.2 Å². The maximum atomic E-state index is 9.86. The smallest absolute Gasteiger partial charge is 0.0501 e. The highest BCUT2D eigenvalue weighted by molar-refractivity contribution is 4.92. The first-order chi connectivity index (χ1) is 9.72. The van der Waals surface area contributed by atoms with Crippen molar-refractivity contribution in [2.45, 2.75) is 38.1 Å². The van der Waals surface area contributed by atoms with Gasteiger partial charge in [-0.25, -0.2) is 0 Å². The monoisotopic (exact) mass is 282 g/mol. The number of aliphatic hydroxyl groups is 1. The van der Waals surface area contributed by atoms with Crippen LogP contribution in [-0.4, -0.2) is 74.0 Å². The second kappa shape index (κ2) is 6.30. The molecule has 4 heteroatoms. The Kier molecular flexibility index (Phi) is 4.65. The van der Waals surface area contributed by atoms with Gasteiger partial charge in [0.15, 0.2) is 0 Å². The van der Waals surface area contributed by atoms with Crippen LogP contribution >= 0.6 is 0 Å². The van der Waals surface area contributed by atoms with Crippen LogP contribution in [0.3, 0.4) is 0 Å². The molecule has 3 saturated heterocycles. The van der Waals surface area contributed by atoms with E-state index in [4.69, 9.17) is 4.74 Å². The molecule has 0 bridgehead atoms. The van der Waals surface area contributed by atoms with E-state index in [0.717, 1.165) is 44.6 Å². The zero-order valence-corrected chi connectivity index (χ0v) is 12.9. The predicted octanol–water partition coefficient (Wildman–Crippen LogP) is 1.19. The zero-order valence-electron chi connectivity index (χ0n) is 12.9. The SMILES string of the molecule is CN1CCCC2CN(CC3(CO)CCOCC3)CCC21. The summed E-state index contributed by atoms with van der Waals surface area (Å²) in [5, 5.41) is 9.86. The maximum absolute atomic E-state index is 9.86. The zero-order chi connectivity index (χ0) is 14.0. The molecule has 3 heterocycles. The molecule has 0 amide bonds. The van der Waals surface area contributed by atoms with Gasteiger partial charge >= 0.3 is 0 Å². The summed E-state index contributed by atoms with van der Waals surface area (Å²) in [5.41, 5.74) is 0.103. The van der Waals surface area contributed by atoms with E-state index in [1.165, 1.54) is 38.9 Å². The molecule has 1 N–H and O–H groups in total. The minimum absolute atomic E-state index is 0.103. The summed E-state index contributed by atoms with van der Waals surface area (Å²) in [4.78, 5) is 5.20. The minimum atomic E-state index is 0.103. The van der Waals surface area contributed by atoms with Crippen molar-refractivity contribution in [3.8, 4) is 0 Å². The van der Waals surface area contributed by atoms with Gasteiger partial charge in [0.1, 0.15) is 0 Å². The van der Waals surface area contributed by atoms with E-state index in [-0.39, 0.29) is 5.41 Å². The number of fused-ring (bicyclic) bond motifs is 1. The summed E-state index contributed by atoms with van der Waals surface area (Å²) >= 11 is 0. The van der Waals surface area contributed by atoms with Crippen LogP contribution in [0.1, 0.15) is 32.1 Å². The van der Waals surface area contributed by atoms with Gasteiger partial charge in [0.25, 0.3) is 0 Å². The van der Waals surface area contributed by atoms with Gasteiger partial charge in [-0.15, -0.1) is 0 Å². The lowest BCUT2D eigenvalue weighted by Crippen LogP contribution is -2.55. The van der Waals surface area contributed by atoms with Crippen LogP contribution in [0.4, 0.5) is 0 Å². The summed E-state index contributed by atoms with van der Waals surface area (Å²) in [6, 6.07) is 0.805. The van der Waals surface area contributed by atoms with Crippen molar-refractivity contribution in [1.82, 2.24) is 9.80 Å². The number of likely N-dealkylation sites (tertiary alicyclic amines) is 2. The molecule has 116 valence electrons. The lowest BCUT2D eigenvalue weighted by molar-refractivity contribution is -0.0495. The number of ether oxygens (including phenoxy) is 1. The van der Waals surface area contributed by atoms with Gasteiger partial charge in [-0.1, -0.05) is 0 Å². The summed E-state index contributed by atoms with van der Waals surface area (Å²) in [6.07, 6.45) is 6.09. The van der Waals surface area contributed by atoms with Crippen molar-refractivity contribution < 1.29 is 9.84 Å². The maximum Gasteiger partial charge on any atom is 0.0501 e. The minimum Gasteiger partial charge on any atom is -0.396 e. The average Bonchev–Trinajstić information content (AvgIpc) is 2.48. The molecule has 0 aromatic rings. The lowest BCUT2D eigenvalue weighted by Gasteiger charge is -2.48. The molecular weight excluding hydrogens is 252 g/mol. The third kappa shape index (κ3) is 3.03. The van der Waals surface area contributed by atoms with Crippen molar-refractivity contribution in [1.29, 1.82) is 0 Å². The number of hydrogen-bond donors (Lipinski definition) is 1. The molecule has 2 atom stereocenters. The number of hydrogen-bond acceptors (Lipinski definition) is 4. The number of rotatable bonds is 3. The highest BCUT2D eigenvalue weighted by Crippen LogP contribution is 2.35. The fourth-order valence-electron chi connectivity index (χ4n) is 4.52. The summed E-state index contributed by atoms with van der Waals surface area (Å²) in [5.74, 6) is 0.845. The lowest BCUT2D eigenvalue weighted by atomic mass is 9.78. The second-order valence-corrected chi connectivity index (χ2v) is 7.24. The van der Waals surface area contributed by atoms with Crippen LogP contribution < -0.4 is 0 Å². The standard InChI is InChI=1S/C16H30N2O2/c1-17-7-2-3-14-11-18(8-4-15(14)17)12-16(13-19)5-9-20-10-6-16/h14-15,19H,2-13H2,1H3. The average molecular weight is 282 g/mol. The van der Waals surface area contributed by atoms with Crippen molar-refractivity contribution in [3.63, 3.8) is 0 Å². The normalized spacial score (nSPS) is 35.7. The molecule has 4 nitrogen and oxygen atoms in total. The van der Waals surface area contributed by atoms with Gasteiger partial charge in [0.2, 0.25) is 0 Å². The van der Waals surface area contributed by atoms with Crippen LogP contribution in [-0.2, 0) is 4.74 Å². The fraction of sp³-hybridized carbons (Fsp3) is 1.00. The molecular formula is C16H30N2O2. The Morgan fingerprint density at radius 1 is 1.20 bits per heavy atom. The van der Waals surface area contributed by atoms with Gasteiger partial charge < -0.3 is 19.6 Å². The highest BCUT2D eigenvalue weighted by Gasteiger charge is 2.38. The molecule has 0 spiro atoms. The highest BCUT2D eigenvalue weighted by atomic mass is 16.5. The van der Waals surface area contributed by atoms with Crippen molar-refractivity contribution in [2.24, 2.45) is 11.3 Å². The molecule has 2 unspecified atom stereocenters. The number of aliphatic hydroxyl groups excluding tert-OH is 1. The largest absolute Gasteiger partial charge is 0.396 e. The van der Waals surface area contributed by atoms with E-state index in [9.17, 15) is 5.11 Å². The molecule has 20 heavy (non-hydrogen) atoms. The molecule has 3 aliphatic rings. The van der Waals surface area contributed by atoms with E-state index >= 15 is 0 Å². The third-order valence-corrected chi connectivity index (χ3v) is 5.88.